The number of fused-ring (bicyclic) bond motifs is 1. The van der Waals surface area contributed by atoms with E-state index >= 15 is 0 Å². The van der Waals surface area contributed by atoms with Crippen molar-refractivity contribution in [3.63, 3.8) is 0 Å². The summed E-state index contributed by atoms with van der Waals surface area (Å²) in [5.41, 5.74) is 5.97. The summed E-state index contributed by atoms with van der Waals surface area (Å²) >= 11 is 0. The van der Waals surface area contributed by atoms with Crippen LogP contribution in [0.5, 0.6) is 0 Å². The van der Waals surface area contributed by atoms with Crippen LogP contribution in [0.2, 0.25) is 0 Å². The standard InChI is InChI=1S/C22H20N6O/c29-22(17-7-4-8-18(13-17)28-14-23-24-15-28)27-11-9-19-20(10-12-27)25-26-21(19)16-5-2-1-3-6-16/h1-8,13-15H,9-12H2,(H,25,26). The van der Waals surface area contributed by atoms with Gasteiger partial charge in [-0.15, -0.1) is 10.2 Å². The van der Waals surface area contributed by atoms with Gasteiger partial charge in [0.2, 0.25) is 0 Å². The van der Waals surface area contributed by atoms with Crippen LogP contribution in [0, 0.1) is 0 Å². The lowest BCUT2D eigenvalue weighted by Crippen LogP contribution is -2.33. The molecule has 1 aliphatic rings. The Morgan fingerprint density at radius 1 is 0.931 bits per heavy atom. The fourth-order valence-corrected chi connectivity index (χ4v) is 3.84. The number of rotatable bonds is 3. The number of carbonyl (C=O) groups is 1. The Morgan fingerprint density at radius 3 is 2.55 bits per heavy atom. The number of amides is 1. The van der Waals surface area contributed by atoms with E-state index in [4.69, 9.17) is 0 Å². The van der Waals surface area contributed by atoms with E-state index in [1.165, 1.54) is 5.56 Å². The van der Waals surface area contributed by atoms with E-state index in [2.05, 4.69) is 32.5 Å². The molecule has 1 N–H and O–H groups in total. The number of nitrogens with zero attached hydrogens (tertiary/aromatic N) is 5. The average molecular weight is 384 g/mol. The lowest BCUT2D eigenvalue weighted by atomic mass is 10.0. The summed E-state index contributed by atoms with van der Waals surface area (Å²) in [6, 6.07) is 17.7. The minimum atomic E-state index is 0.0410. The van der Waals surface area contributed by atoms with Gasteiger partial charge in [0, 0.05) is 47.6 Å². The van der Waals surface area contributed by atoms with Crippen molar-refractivity contribution in [3.8, 4) is 16.9 Å². The molecule has 1 amide bonds. The first kappa shape index (κ1) is 17.4. The SMILES string of the molecule is O=C(c1cccc(-n2cnnc2)c1)N1CCc2[nH]nc(-c3ccccc3)c2CC1. The molecule has 0 unspecified atom stereocenters. The quantitative estimate of drug-likeness (QED) is 0.589. The second-order valence-electron chi connectivity index (χ2n) is 7.11. The van der Waals surface area contributed by atoms with Crippen LogP contribution in [0.25, 0.3) is 16.9 Å². The monoisotopic (exact) mass is 384 g/mol. The van der Waals surface area contributed by atoms with Gasteiger partial charge in [-0.05, 0) is 24.6 Å². The van der Waals surface area contributed by atoms with Crippen LogP contribution in [0.3, 0.4) is 0 Å². The van der Waals surface area contributed by atoms with Gasteiger partial charge in [-0.25, -0.2) is 0 Å². The van der Waals surface area contributed by atoms with Gasteiger partial charge in [0.25, 0.3) is 5.91 Å². The highest BCUT2D eigenvalue weighted by molar-refractivity contribution is 5.94. The second kappa shape index (κ2) is 7.35. The van der Waals surface area contributed by atoms with Crippen LogP contribution in [0.15, 0.2) is 67.3 Å². The maximum Gasteiger partial charge on any atom is 0.253 e. The zero-order valence-electron chi connectivity index (χ0n) is 15.8. The van der Waals surface area contributed by atoms with Crippen LogP contribution < -0.4 is 0 Å². The Bertz CT molecular complexity index is 1130. The summed E-state index contributed by atoms with van der Waals surface area (Å²) in [7, 11) is 0. The molecule has 5 rings (SSSR count). The Hall–Kier alpha value is -3.74. The van der Waals surface area contributed by atoms with Crippen molar-refractivity contribution in [1.82, 2.24) is 29.9 Å². The van der Waals surface area contributed by atoms with Crippen LogP contribution in [-0.2, 0) is 12.8 Å². The van der Waals surface area contributed by atoms with Gasteiger partial charge in [-0.2, -0.15) is 5.10 Å². The molecule has 7 heteroatoms. The van der Waals surface area contributed by atoms with Crippen molar-refractivity contribution in [2.75, 3.05) is 13.1 Å². The summed E-state index contributed by atoms with van der Waals surface area (Å²) in [6.45, 7) is 1.33. The molecule has 2 aromatic heterocycles. The van der Waals surface area contributed by atoms with Crippen molar-refractivity contribution in [3.05, 3.63) is 84.1 Å². The number of hydrogen-bond acceptors (Lipinski definition) is 4. The molecule has 0 bridgehead atoms. The van der Waals surface area contributed by atoms with Crippen molar-refractivity contribution < 1.29 is 4.79 Å². The molecule has 4 aromatic rings. The molecule has 0 spiro atoms. The van der Waals surface area contributed by atoms with E-state index in [0.29, 0.717) is 18.7 Å². The van der Waals surface area contributed by atoms with Gasteiger partial charge in [0.1, 0.15) is 12.7 Å². The minimum Gasteiger partial charge on any atom is -0.338 e. The highest BCUT2D eigenvalue weighted by Gasteiger charge is 2.23. The highest BCUT2D eigenvalue weighted by Crippen LogP contribution is 2.27. The van der Waals surface area contributed by atoms with Gasteiger partial charge in [0.05, 0.1) is 5.69 Å². The summed E-state index contributed by atoms with van der Waals surface area (Å²) in [5.74, 6) is 0.0410. The van der Waals surface area contributed by atoms with Crippen LogP contribution in [0.1, 0.15) is 21.6 Å². The Morgan fingerprint density at radius 2 is 1.72 bits per heavy atom. The molecule has 3 heterocycles. The minimum absolute atomic E-state index is 0.0410. The maximum atomic E-state index is 13.2. The molecular formula is C22H20N6O. The lowest BCUT2D eigenvalue weighted by molar-refractivity contribution is 0.0762. The first-order chi connectivity index (χ1) is 14.3. The molecule has 0 aliphatic carbocycles. The smallest absolute Gasteiger partial charge is 0.253 e. The molecule has 0 saturated carbocycles. The fraction of sp³-hybridized carbons (Fsp3) is 0.182. The number of aromatic amines is 1. The molecule has 1 aliphatic heterocycles. The van der Waals surface area contributed by atoms with Crippen molar-refractivity contribution in [2.45, 2.75) is 12.8 Å². The first-order valence-electron chi connectivity index (χ1n) is 9.65. The van der Waals surface area contributed by atoms with E-state index in [1.54, 1.807) is 17.2 Å². The molecule has 0 fully saturated rings. The average Bonchev–Trinajstić information content (AvgIpc) is 3.41. The number of H-pyrrole nitrogens is 1. The molecule has 0 radical (unpaired) electrons. The third-order valence-electron chi connectivity index (χ3n) is 5.36. The van der Waals surface area contributed by atoms with Gasteiger partial charge in [0.15, 0.2) is 0 Å². The number of hydrogen-bond donors (Lipinski definition) is 1. The van der Waals surface area contributed by atoms with Crippen LogP contribution in [0.4, 0.5) is 0 Å². The van der Waals surface area contributed by atoms with Crippen LogP contribution in [-0.4, -0.2) is 48.9 Å². The Balaban J connectivity index is 1.37. The third kappa shape index (κ3) is 3.31. The number of benzene rings is 2. The molecule has 29 heavy (non-hydrogen) atoms. The fourth-order valence-electron chi connectivity index (χ4n) is 3.84. The second-order valence-corrected chi connectivity index (χ2v) is 7.11. The molecule has 0 atom stereocenters. The van der Waals surface area contributed by atoms with E-state index in [-0.39, 0.29) is 5.91 Å². The number of aromatic nitrogens is 5. The summed E-state index contributed by atoms with van der Waals surface area (Å²) in [4.78, 5) is 15.1. The zero-order valence-corrected chi connectivity index (χ0v) is 15.8. The summed E-state index contributed by atoms with van der Waals surface area (Å²) in [6.07, 6.45) is 4.80. The van der Waals surface area contributed by atoms with Crippen molar-refractivity contribution in [2.24, 2.45) is 0 Å². The van der Waals surface area contributed by atoms with Gasteiger partial charge in [-0.1, -0.05) is 36.4 Å². The molecule has 0 saturated heterocycles. The summed E-state index contributed by atoms with van der Waals surface area (Å²) in [5, 5.41) is 15.4. The molecular weight excluding hydrogens is 364 g/mol. The number of carbonyl (C=O) groups excluding carboxylic acids is 1. The molecule has 7 nitrogen and oxygen atoms in total. The van der Waals surface area contributed by atoms with E-state index in [9.17, 15) is 4.79 Å². The van der Waals surface area contributed by atoms with E-state index in [1.807, 2.05) is 47.4 Å². The normalized spacial score (nSPS) is 13.7. The lowest BCUT2D eigenvalue weighted by Gasteiger charge is -2.20. The Labute approximate surface area is 168 Å². The van der Waals surface area contributed by atoms with Gasteiger partial charge in [-0.3, -0.25) is 14.5 Å². The first-order valence-corrected chi connectivity index (χ1v) is 9.65. The third-order valence-corrected chi connectivity index (χ3v) is 5.36. The predicted octanol–water partition coefficient (Wildman–Crippen LogP) is 2.90. The highest BCUT2D eigenvalue weighted by atomic mass is 16.2. The largest absolute Gasteiger partial charge is 0.338 e. The number of nitrogens with one attached hydrogen (secondary N) is 1. The van der Waals surface area contributed by atoms with E-state index in [0.717, 1.165) is 35.5 Å². The maximum absolute atomic E-state index is 13.2. The van der Waals surface area contributed by atoms with Crippen molar-refractivity contribution >= 4 is 5.91 Å². The van der Waals surface area contributed by atoms with Crippen molar-refractivity contribution in [1.29, 1.82) is 0 Å². The summed E-state index contributed by atoms with van der Waals surface area (Å²) < 4.78 is 1.79. The van der Waals surface area contributed by atoms with Crippen LogP contribution >= 0.6 is 0 Å². The topological polar surface area (TPSA) is 79.7 Å². The zero-order chi connectivity index (χ0) is 19.6. The predicted molar refractivity (Wildman–Crippen MR) is 109 cm³/mol. The molecule has 144 valence electrons. The van der Waals surface area contributed by atoms with E-state index < -0.39 is 0 Å². The van der Waals surface area contributed by atoms with Gasteiger partial charge < -0.3 is 4.90 Å². The van der Waals surface area contributed by atoms with Gasteiger partial charge >= 0.3 is 0 Å². The molecule has 2 aromatic carbocycles. The Kier molecular flexibility index (Phi) is 4.40.